The molecule has 2 aliphatic rings. The van der Waals surface area contributed by atoms with E-state index < -0.39 is 41.8 Å². The van der Waals surface area contributed by atoms with Crippen LogP contribution in [-0.2, 0) is 26.9 Å². The highest BCUT2D eigenvalue weighted by Gasteiger charge is 2.42. The van der Waals surface area contributed by atoms with Crippen molar-refractivity contribution in [3.05, 3.63) is 94.1 Å². The number of anilines is 1. The second-order valence-electron chi connectivity index (χ2n) is 12.6. The van der Waals surface area contributed by atoms with Crippen molar-refractivity contribution in [1.29, 1.82) is 0 Å². The number of hydrogen-bond acceptors (Lipinski definition) is 9. The summed E-state index contributed by atoms with van der Waals surface area (Å²) in [7, 11) is 4.29. The second kappa shape index (κ2) is 13.8. The number of benzene rings is 3. The Balaban J connectivity index is 1.42. The lowest BCUT2D eigenvalue weighted by atomic mass is 9.93. The van der Waals surface area contributed by atoms with Crippen LogP contribution in [0, 0.1) is 19.7 Å². The number of methoxy groups -OCH3 is 3. The van der Waals surface area contributed by atoms with Gasteiger partial charge in [0.2, 0.25) is 5.95 Å². The average molecular weight is 709 g/mol. The van der Waals surface area contributed by atoms with Crippen LogP contribution in [0.15, 0.2) is 54.7 Å². The van der Waals surface area contributed by atoms with E-state index in [-0.39, 0.29) is 29.5 Å². The normalized spacial score (nSPS) is 17.7. The zero-order valence-corrected chi connectivity index (χ0v) is 28.8. The number of hydrogen-bond donors (Lipinski definition) is 0. The zero-order valence-electron chi connectivity index (χ0n) is 28.8. The van der Waals surface area contributed by atoms with Crippen LogP contribution in [-0.4, -0.2) is 73.5 Å². The number of alkyl halides is 3. The van der Waals surface area contributed by atoms with Crippen LogP contribution in [0.1, 0.15) is 51.3 Å². The number of carbonyl (C=O) groups excluding carboxylic acids is 2. The van der Waals surface area contributed by atoms with Gasteiger partial charge in [-0.25, -0.2) is 23.9 Å². The molecule has 2 fully saturated rings. The molecule has 2 aliphatic heterocycles. The van der Waals surface area contributed by atoms with Gasteiger partial charge in [-0.3, -0.25) is 4.90 Å². The van der Waals surface area contributed by atoms with Gasteiger partial charge in [-0.1, -0.05) is 17.7 Å². The molecule has 268 valence electrons. The predicted octanol–water partition coefficient (Wildman–Crippen LogP) is 7.30. The monoisotopic (exact) mass is 708 g/mol. The number of amides is 1. The molecular formula is C37H36F4N4O6. The van der Waals surface area contributed by atoms with E-state index in [0.717, 1.165) is 12.1 Å². The molecule has 0 aliphatic carbocycles. The first-order chi connectivity index (χ1) is 24.2. The Morgan fingerprint density at radius 1 is 0.980 bits per heavy atom. The molecule has 51 heavy (non-hydrogen) atoms. The Morgan fingerprint density at radius 2 is 1.73 bits per heavy atom. The summed E-state index contributed by atoms with van der Waals surface area (Å²) in [6.45, 7) is 5.97. The van der Waals surface area contributed by atoms with Gasteiger partial charge in [0.15, 0.2) is 0 Å². The van der Waals surface area contributed by atoms with Crippen molar-refractivity contribution in [1.82, 2.24) is 14.9 Å². The summed E-state index contributed by atoms with van der Waals surface area (Å²) in [5, 5.41) is 0. The number of rotatable bonds is 9. The molecule has 2 atom stereocenters. The molecule has 2 saturated heterocycles. The Bertz CT molecular complexity index is 2000. The third kappa shape index (κ3) is 6.92. The summed E-state index contributed by atoms with van der Waals surface area (Å²) in [4.78, 5) is 38.3. The molecule has 0 N–H and O–H groups in total. The highest BCUT2D eigenvalue weighted by Crippen LogP contribution is 2.42. The molecule has 3 heterocycles. The van der Waals surface area contributed by atoms with Crippen LogP contribution in [0.5, 0.6) is 5.75 Å². The summed E-state index contributed by atoms with van der Waals surface area (Å²) in [5.41, 5.74) is 2.67. The van der Waals surface area contributed by atoms with Crippen LogP contribution in [0.4, 0.5) is 28.3 Å². The van der Waals surface area contributed by atoms with E-state index in [0.29, 0.717) is 58.1 Å². The van der Waals surface area contributed by atoms with E-state index >= 15 is 4.39 Å². The van der Waals surface area contributed by atoms with Gasteiger partial charge in [0.05, 0.1) is 49.7 Å². The summed E-state index contributed by atoms with van der Waals surface area (Å²) >= 11 is 0. The van der Waals surface area contributed by atoms with Crippen molar-refractivity contribution < 1.29 is 46.1 Å². The van der Waals surface area contributed by atoms with Gasteiger partial charge >= 0.3 is 18.2 Å². The van der Waals surface area contributed by atoms with Crippen molar-refractivity contribution in [2.24, 2.45) is 0 Å². The van der Waals surface area contributed by atoms with Crippen LogP contribution in [0.3, 0.4) is 0 Å². The highest BCUT2D eigenvalue weighted by atomic mass is 19.4. The average Bonchev–Trinajstić information content (AvgIpc) is 3.35. The summed E-state index contributed by atoms with van der Waals surface area (Å²) in [6.07, 6.45) is -4.72. The molecule has 0 bridgehead atoms. The fourth-order valence-electron chi connectivity index (χ4n) is 6.47. The highest BCUT2D eigenvalue weighted by molar-refractivity contribution is 5.91. The van der Waals surface area contributed by atoms with Gasteiger partial charge in [-0.15, -0.1) is 0 Å². The van der Waals surface area contributed by atoms with E-state index in [9.17, 15) is 22.8 Å². The Labute approximate surface area is 291 Å². The standard InChI is InChI=1S/C37H36F4N4O6/c1-19-9-23(12-24(10-19)37(39,40)41)33-21(3)45(36(47)51-33)18-31-29(15-42-35(43-31)44-16-25(17-44)48-4)28-13-27(30(38)14-32(28)49-5)26-8-7-22(11-20(26)2)34(46)50-6/h7-15,21,25,33H,16-18H2,1-6H3/t21-,33-/m0/s1. The molecular weight excluding hydrogens is 672 g/mol. The molecule has 6 rings (SSSR count). The second-order valence-corrected chi connectivity index (χ2v) is 12.6. The maximum atomic E-state index is 15.7. The predicted molar refractivity (Wildman–Crippen MR) is 179 cm³/mol. The van der Waals surface area contributed by atoms with Gasteiger partial charge in [0.1, 0.15) is 17.7 Å². The zero-order chi connectivity index (χ0) is 36.8. The number of aryl methyl sites for hydroxylation is 2. The first kappa shape index (κ1) is 35.6. The maximum absolute atomic E-state index is 15.7. The van der Waals surface area contributed by atoms with Gasteiger partial charge in [-0.05, 0) is 67.8 Å². The van der Waals surface area contributed by atoms with Crippen molar-refractivity contribution in [2.75, 3.05) is 39.3 Å². The third-order valence-corrected chi connectivity index (χ3v) is 9.30. The number of aromatic nitrogens is 2. The summed E-state index contributed by atoms with van der Waals surface area (Å²) < 4.78 is 78.3. The molecule has 10 nitrogen and oxygen atoms in total. The molecule has 0 unspecified atom stereocenters. The van der Waals surface area contributed by atoms with Crippen molar-refractivity contribution in [2.45, 2.75) is 51.7 Å². The number of ether oxygens (including phenoxy) is 4. The van der Waals surface area contributed by atoms with Crippen LogP contribution < -0.4 is 9.64 Å². The quantitative estimate of drug-likeness (QED) is 0.131. The summed E-state index contributed by atoms with van der Waals surface area (Å²) in [5.74, 6) is -0.550. The lowest BCUT2D eigenvalue weighted by molar-refractivity contribution is -0.137. The first-order valence-electron chi connectivity index (χ1n) is 16.1. The van der Waals surface area contributed by atoms with E-state index in [1.165, 1.54) is 25.2 Å². The van der Waals surface area contributed by atoms with Crippen LogP contribution >= 0.6 is 0 Å². The topological polar surface area (TPSA) is 103 Å². The minimum Gasteiger partial charge on any atom is -0.496 e. The maximum Gasteiger partial charge on any atom is 0.416 e. The molecule has 1 aromatic heterocycles. The molecule has 0 spiro atoms. The fourth-order valence-corrected chi connectivity index (χ4v) is 6.47. The fraction of sp³-hybridized carbons (Fsp3) is 0.351. The van der Waals surface area contributed by atoms with Crippen molar-refractivity contribution in [3.8, 4) is 28.0 Å². The molecule has 3 aromatic carbocycles. The van der Waals surface area contributed by atoms with Crippen LogP contribution in [0.2, 0.25) is 0 Å². The number of nitrogens with zero attached hydrogens (tertiary/aromatic N) is 4. The smallest absolute Gasteiger partial charge is 0.416 e. The largest absolute Gasteiger partial charge is 0.496 e. The lowest BCUT2D eigenvalue weighted by Gasteiger charge is -2.38. The van der Waals surface area contributed by atoms with Gasteiger partial charge in [0, 0.05) is 49.2 Å². The third-order valence-electron chi connectivity index (χ3n) is 9.30. The lowest BCUT2D eigenvalue weighted by Crippen LogP contribution is -2.52. The molecule has 1 amide bonds. The van der Waals surface area contributed by atoms with E-state index in [1.54, 1.807) is 64.4 Å². The minimum atomic E-state index is -4.58. The minimum absolute atomic E-state index is 0.00412. The van der Waals surface area contributed by atoms with Gasteiger partial charge in [-0.2, -0.15) is 13.2 Å². The molecule has 4 aromatic rings. The summed E-state index contributed by atoms with van der Waals surface area (Å²) in [6, 6.07) is 10.6. The Hall–Kier alpha value is -5.24. The Morgan fingerprint density at radius 3 is 2.37 bits per heavy atom. The molecule has 14 heteroatoms. The molecule has 0 radical (unpaired) electrons. The van der Waals surface area contributed by atoms with Crippen molar-refractivity contribution in [3.63, 3.8) is 0 Å². The number of halogens is 4. The van der Waals surface area contributed by atoms with E-state index in [4.69, 9.17) is 23.9 Å². The molecule has 0 saturated carbocycles. The van der Waals surface area contributed by atoms with E-state index in [1.807, 2.05) is 4.90 Å². The van der Waals surface area contributed by atoms with E-state index in [2.05, 4.69) is 4.98 Å². The Kier molecular flexibility index (Phi) is 9.64. The van der Waals surface area contributed by atoms with Gasteiger partial charge in [0.25, 0.3) is 0 Å². The van der Waals surface area contributed by atoms with Gasteiger partial charge < -0.3 is 23.8 Å². The SMILES string of the molecule is COC(=O)c1ccc(-c2cc(-c3cnc(N4CC(OC)C4)nc3CN3C(=O)O[C@H](c4cc(C)cc(C(F)(F)F)c4)[C@@H]3C)c(OC)cc2F)c(C)c1. The number of carbonyl (C=O) groups is 2. The number of cyclic esters (lactones) is 1. The van der Waals surface area contributed by atoms with Crippen LogP contribution in [0.25, 0.3) is 22.3 Å². The number of esters is 1. The van der Waals surface area contributed by atoms with Crippen molar-refractivity contribution >= 4 is 18.0 Å². The first-order valence-corrected chi connectivity index (χ1v) is 16.1.